The van der Waals surface area contributed by atoms with Crippen LogP contribution in [0.1, 0.15) is 5.56 Å². The van der Waals surface area contributed by atoms with E-state index in [1.807, 2.05) is 12.1 Å². The zero-order valence-electron chi connectivity index (χ0n) is 6.61. The number of hydrogen-bond acceptors (Lipinski definition) is 2. The zero-order valence-corrected chi connectivity index (χ0v) is 11.8. The molecule has 0 aliphatic rings. The van der Waals surface area contributed by atoms with Crippen LogP contribution in [0.2, 0.25) is 0 Å². The monoisotopic (exact) mass is 422 g/mol. The van der Waals surface area contributed by atoms with Crippen molar-refractivity contribution in [3.05, 3.63) is 29.8 Å². The van der Waals surface area contributed by atoms with Crippen LogP contribution in [0, 0.1) is 0 Å². The predicted molar refractivity (Wildman–Crippen MR) is 70.6 cm³/mol. The van der Waals surface area contributed by atoms with Gasteiger partial charge < -0.3 is 0 Å². The predicted octanol–water partition coefficient (Wildman–Crippen LogP) is 2.40. The molecule has 0 bridgehead atoms. The van der Waals surface area contributed by atoms with Gasteiger partial charge in [0.2, 0.25) is 0 Å². The molecule has 2 nitrogen and oxygen atoms in total. The molecule has 0 aliphatic heterocycles. The van der Waals surface area contributed by atoms with Gasteiger partial charge in [0, 0.05) is 0 Å². The molecule has 1 aromatic carbocycles. The van der Waals surface area contributed by atoms with E-state index in [0.29, 0.717) is 6.83 Å². The first-order valence-corrected chi connectivity index (χ1v) is 7.28. The summed E-state index contributed by atoms with van der Waals surface area (Å²) in [6, 6.07) is 7.03. The quantitative estimate of drug-likeness (QED) is 0.462. The summed E-state index contributed by atoms with van der Waals surface area (Å²) in [6.45, 7) is 0. The molecule has 72 valence electrons. The molecule has 0 N–H and O–H groups in total. The highest BCUT2D eigenvalue weighted by atomic mass is 127. The second kappa shape index (κ2) is 5.50. The van der Waals surface area contributed by atoms with Crippen molar-refractivity contribution in [1.29, 1.82) is 0 Å². The van der Waals surface area contributed by atoms with E-state index in [1.165, 1.54) is 5.56 Å². The lowest BCUT2D eigenvalue weighted by molar-refractivity contribution is 0.614. The van der Waals surface area contributed by atoms with E-state index in [1.54, 1.807) is 12.1 Å². The van der Waals surface area contributed by atoms with Gasteiger partial charge in [-0.1, -0.05) is 57.3 Å². The molecule has 0 atom stereocenters. The first kappa shape index (κ1) is 11.7. The van der Waals surface area contributed by atoms with Gasteiger partial charge in [-0.3, -0.25) is 0 Å². The lowest BCUT2D eigenvalue weighted by Crippen LogP contribution is -1.92. The van der Waals surface area contributed by atoms with E-state index < -0.39 is 10.7 Å². The molecule has 13 heavy (non-hydrogen) atoms. The Morgan fingerprint density at radius 3 is 2.08 bits per heavy atom. The summed E-state index contributed by atoms with van der Waals surface area (Å²) in [5, 5.41) is 0. The molecule has 1 aromatic rings. The van der Waals surface area contributed by atoms with E-state index in [4.69, 9.17) is 0 Å². The molecular weight excluding hydrogens is 414 g/mol. The highest BCUT2D eigenvalue weighted by Gasteiger charge is 2.00. The van der Waals surface area contributed by atoms with E-state index in [9.17, 15) is 8.42 Å². The van der Waals surface area contributed by atoms with E-state index in [0.717, 1.165) is 6.42 Å². The van der Waals surface area contributed by atoms with E-state index in [2.05, 4.69) is 45.2 Å². The molecule has 0 aliphatic carbocycles. The summed E-state index contributed by atoms with van der Waals surface area (Å²) in [4.78, 5) is 0.386. The van der Waals surface area contributed by atoms with Gasteiger partial charge >= 0.3 is 0 Å². The smallest absolute Gasteiger partial charge is 0.168 e. The summed E-state index contributed by atoms with van der Waals surface area (Å²) in [7, 11) is -2.43. The third kappa shape index (κ3) is 4.11. The third-order valence-electron chi connectivity index (χ3n) is 1.54. The van der Waals surface area contributed by atoms with E-state index >= 15 is 0 Å². The maximum Gasteiger partial charge on any atom is 0.168 e. The first-order valence-electron chi connectivity index (χ1n) is 3.61. The summed E-state index contributed by atoms with van der Waals surface area (Å²) in [5.41, 5.74) is 1.18. The number of hydrogen-bond donors (Lipinski definition) is 1. The minimum Gasteiger partial charge on any atom is -0.227 e. The molecule has 5 heteroatoms. The molecule has 0 radical (unpaired) electrons. The number of halogens is 2. The maximum atomic E-state index is 10.6. The van der Waals surface area contributed by atoms with Crippen molar-refractivity contribution in [2.75, 3.05) is 0 Å². The number of benzene rings is 1. The maximum absolute atomic E-state index is 10.6. The van der Waals surface area contributed by atoms with Crippen LogP contribution in [-0.4, -0.2) is 10.3 Å². The van der Waals surface area contributed by atoms with Gasteiger partial charge in [-0.25, -0.2) is 8.42 Å². The van der Waals surface area contributed by atoms with Crippen LogP contribution in [0.15, 0.2) is 29.2 Å². The Morgan fingerprint density at radius 2 is 1.69 bits per heavy atom. The minimum atomic E-state index is -2.43. The summed E-state index contributed by atoms with van der Waals surface area (Å²) in [5.74, 6) is 0. The Balaban J connectivity index is 2.81. The Morgan fingerprint density at radius 1 is 1.15 bits per heavy atom. The van der Waals surface area contributed by atoms with Gasteiger partial charge in [-0.05, 0) is 24.1 Å². The molecule has 0 aromatic heterocycles. The molecule has 0 amide bonds. The van der Waals surface area contributed by atoms with Crippen molar-refractivity contribution >= 4 is 55.9 Å². The van der Waals surface area contributed by atoms with E-state index in [-0.39, 0.29) is 0 Å². The number of rotatable bonds is 3. The fraction of sp³-hybridized carbons (Fsp3) is 0.250. The summed E-state index contributed by atoms with van der Waals surface area (Å²) < 4.78 is 21.7. The van der Waals surface area contributed by atoms with Crippen molar-refractivity contribution in [2.45, 2.75) is 13.2 Å². The van der Waals surface area contributed by atoms with Crippen LogP contribution in [-0.2, 0) is 17.1 Å². The Labute approximate surface area is 106 Å². The Hall–Kier alpha value is 0.630. The van der Waals surface area contributed by atoms with Crippen LogP contribution < -0.4 is 0 Å². The largest absolute Gasteiger partial charge is 0.227 e. The topological polar surface area (TPSA) is 34.1 Å². The molecule has 0 spiro atoms. The molecule has 0 fully saturated rings. The van der Waals surface area contributed by atoms with Crippen LogP contribution in [0.4, 0.5) is 0 Å². The van der Waals surface area contributed by atoms with Gasteiger partial charge in [-0.2, -0.15) is 0 Å². The molecule has 0 saturated carbocycles. The number of alkyl halides is 2. The minimum absolute atomic E-state index is 0.386. The fourth-order valence-corrected chi connectivity index (χ4v) is 2.34. The lowest BCUT2D eigenvalue weighted by Gasteiger charge is -2.01. The van der Waals surface area contributed by atoms with Crippen molar-refractivity contribution in [3.8, 4) is 0 Å². The summed E-state index contributed by atoms with van der Waals surface area (Å²) in [6.07, 6.45) is 0.969. The van der Waals surface area contributed by atoms with Gasteiger partial charge in [0.05, 0.1) is 6.83 Å². The van der Waals surface area contributed by atoms with Crippen molar-refractivity contribution in [2.24, 2.45) is 0 Å². The molecular formula is C8H8I2O2S. The van der Waals surface area contributed by atoms with Gasteiger partial charge in [0.25, 0.3) is 0 Å². The summed E-state index contributed by atoms with van der Waals surface area (Å²) >= 11 is 4.67. The van der Waals surface area contributed by atoms with Gasteiger partial charge in [0.1, 0.15) is 0 Å². The normalized spacial score (nSPS) is 11.1. The SMILES string of the molecule is O=[SH](=O)c1ccc(CC(I)I)cc1. The molecule has 1 rings (SSSR count). The van der Waals surface area contributed by atoms with Crippen LogP contribution in [0.5, 0.6) is 0 Å². The van der Waals surface area contributed by atoms with Gasteiger partial charge in [-0.15, -0.1) is 0 Å². The highest BCUT2D eigenvalue weighted by Crippen LogP contribution is 2.17. The fourth-order valence-electron chi connectivity index (χ4n) is 0.932. The number of thiol groups is 1. The zero-order chi connectivity index (χ0) is 9.84. The highest BCUT2D eigenvalue weighted by molar-refractivity contribution is 14.2. The second-order valence-electron chi connectivity index (χ2n) is 2.52. The van der Waals surface area contributed by atoms with Crippen LogP contribution in [0.25, 0.3) is 0 Å². The first-order chi connectivity index (χ1) is 6.09. The lowest BCUT2D eigenvalue weighted by atomic mass is 10.2. The molecule has 0 heterocycles. The Bertz CT molecular complexity index is 336. The standard InChI is InChI=1S/C8H8I2O2S/c9-8(10)5-6-1-3-7(4-2-6)13(11)12/h1-4,8,13H,5H2. The van der Waals surface area contributed by atoms with Crippen molar-refractivity contribution < 1.29 is 8.42 Å². The molecule has 0 unspecified atom stereocenters. The van der Waals surface area contributed by atoms with Gasteiger partial charge in [0.15, 0.2) is 10.7 Å². The van der Waals surface area contributed by atoms with Crippen molar-refractivity contribution in [1.82, 2.24) is 0 Å². The second-order valence-corrected chi connectivity index (χ2v) is 8.94. The van der Waals surface area contributed by atoms with Crippen LogP contribution >= 0.6 is 45.2 Å². The third-order valence-corrected chi connectivity index (χ3v) is 3.14. The average molecular weight is 422 g/mol. The van der Waals surface area contributed by atoms with Crippen LogP contribution in [0.3, 0.4) is 0 Å². The Kier molecular flexibility index (Phi) is 4.95. The average Bonchev–Trinajstić information content (AvgIpc) is 2.04. The van der Waals surface area contributed by atoms with Crippen molar-refractivity contribution in [3.63, 3.8) is 0 Å². The molecule has 0 saturated heterocycles.